The lowest BCUT2D eigenvalue weighted by Gasteiger charge is -2.29. The molecule has 0 aromatic heterocycles. The van der Waals surface area contributed by atoms with Crippen molar-refractivity contribution in [2.75, 3.05) is 14.1 Å². The molecule has 0 rings (SSSR count). The van der Waals surface area contributed by atoms with Crippen molar-refractivity contribution in [2.45, 2.75) is 39.2 Å². The highest BCUT2D eigenvalue weighted by molar-refractivity contribution is 4.69. The van der Waals surface area contributed by atoms with Crippen LogP contribution in [0, 0.1) is 0 Å². The molecule has 0 aliphatic heterocycles. The number of hydrogen-bond donors (Lipinski definition) is 0. The van der Waals surface area contributed by atoms with Crippen LogP contribution in [0.2, 0.25) is 0 Å². The topological polar surface area (TPSA) is 12.5 Å². The van der Waals surface area contributed by atoms with Gasteiger partial charge in [-0.1, -0.05) is 13.8 Å². The van der Waals surface area contributed by atoms with E-state index in [1.807, 2.05) is 14.1 Å². The van der Waals surface area contributed by atoms with Crippen molar-refractivity contribution in [3.63, 3.8) is 0 Å². The van der Waals surface area contributed by atoms with Crippen LogP contribution in [0.1, 0.15) is 33.6 Å². The van der Waals surface area contributed by atoms with E-state index in [9.17, 15) is 0 Å². The molecule has 0 aromatic rings. The molecule has 0 fully saturated rings. The van der Waals surface area contributed by atoms with Gasteiger partial charge < -0.3 is 0 Å². The first-order chi connectivity index (χ1) is 4.54. The lowest BCUT2D eigenvalue weighted by molar-refractivity contribution is -0.215. The van der Waals surface area contributed by atoms with Crippen molar-refractivity contribution < 1.29 is 4.84 Å². The monoisotopic (exact) mass is 145 g/mol. The molecule has 0 saturated heterocycles. The van der Waals surface area contributed by atoms with Crippen molar-refractivity contribution >= 4 is 0 Å². The molecule has 0 N–H and O–H groups in total. The average molecular weight is 145 g/mol. The van der Waals surface area contributed by atoms with Gasteiger partial charge in [-0.3, -0.25) is 4.84 Å². The van der Waals surface area contributed by atoms with Crippen molar-refractivity contribution in [1.29, 1.82) is 0 Å². The Bertz CT molecular complexity index is 87.3. The summed E-state index contributed by atoms with van der Waals surface area (Å²) in [5.41, 5.74) is 0.0313. The fourth-order valence-electron chi connectivity index (χ4n) is 0.820. The summed E-state index contributed by atoms with van der Waals surface area (Å²) in [4.78, 5) is 5.57. The van der Waals surface area contributed by atoms with Gasteiger partial charge in [-0.25, -0.2) is 0 Å². The maximum atomic E-state index is 5.57. The zero-order valence-corrected chi connectivity index (χ0v) is 7.77. The highest BCUT2D eigenvalue weighted by atomic mass is 16.7. The molecule has 0 heterocycles. The molecule has 0 aliphatic carbocycles. The molecule has 0 unspecified atom stereocenters. The Hall–Kier alpha value is -0.0800. The molecule has 10 heavy (non-hydrogen) atoms. The number of hydrogen-bond acceptors (Lipinski definition) is 2. The molecule has 0 atom stereocenters. The Morgan fingerprint density at radius 1 is 1.20 bits per heavy atom. The van der Waals surface area contributed by atoms with Gasteiger partial charge in [0.15, 0.2) is 0 Å². The number of rotatable bonds is 4. The molecule has 0 aliphatic rings. The fourth-order valence-corrected chi connectivity index (χ4v) is 0.820. The van der Waals surface area contributed by atoms with Crippen LogP contribution in [-0.4, -0.2) is 24.8 Å². The summed E-state index contributed by atoms with van der Waals surface area (Å²) in [6.45, 7) is 6.42. The van der Waals surface area contributed by atoms with Crippen LogP contribution < -0.4 is 0 Å². The van der Waals surface area contributed by atoms with E-state index in [2.05, 4.69) is 20.8 Å². The largest absolute Gasteiger partial charge is 0.293 e. The van der Waals surface area contributed by atoms with E-state index >= 15 is 0 Å². The van der Waals surface area contributed by atoms with Gasteiger partial charge in [0.05, 0.1) is 5.60 Å². The van der Waals surface area contributed by atoms with E-state index < -0.39 is 0 Å². The zero-order valence-electron chi connectivity index (χ0n) is 7.77. The minimum absolute atomic E-state index is 0.0313. The second kappa shape index (κ2) is 3.94. The van der Waals surface area contributed by atoms with Crippen molar-refractivity contribution in [3.05, 3.63) is 0 Å². The van der Waals surface area contributed by atoms with Gasteiger partial charge in [-0.15, -0.1) is 0 Å². The molecule has 2 nitrogen and oxygen atoms in total. The second-order valence-corrected chi connectivity index (χ2v) is 3.06. The predicted octanol–water partition coefficient (Wildman–Crippen LogP) is 2.06. The van der Waals surface area contributed by atoms with E-state index in [0.717, 1.165) is 12.8 Å². The van der Waals surface area contributed by atoms with Gasteiger partial charge in [-0.2, -0.15) is 5.06 Å². The van der Waals surface area contributed by atoms with Crippen LogP contribution in [0.3, 0.4) is 0 Å². The van der Waals surface area contributed by atoms with E-state index in [-0.39, 0.29) is 5.60 Å². The predicted molar refractivity (Wildman–Crippen MR) is 43.8 cm³/mol. The van der Waals surface area contributed by atoms with Crippen LogP contribution in [0.15, 0.2) is 0 Å². The standard InChI is InChI=1S/C8H19NO/c1-6-8(3,7-2)10-9(4)5/h6-7H2,1-5H3. The Balaban J connectivity index is 3.80. The minimum Gasteiger partial charge on any atom is -0.293 e. The van der Waals surface area contributed by atoms with Crippen LogP contribution in [0.4, 0.5) is 0 Å². The lowest BCUT2D eigenvalue weighted by atomic mass is 10.0. The summed E-state index contributed by atoms with van der Waals surface area (Å²) < 4.78 is 0. The molecule has 62 valence electrons. The first-order valence-electron chi connectivity index (χ1n) is 3.90. The SMILES string of the molecule is CCC(C)(CC)ON(C)C. The molecule has 2 heteroatoms. The Morgan fingerprint density at radius 3 is 1.70 bits per heavy atom. The summed E-state index contributed by atoms with van der Waals surface area (Å²) in [5, 5.41) is 1.77. The number of nitrogens with zero attached hydrogens (tertiary/aromatic N) is 1. The molecular weight excluding hydrogens is 126 g/mol. The minimum atomic E-state index is 0.0313. The van der Waals surface area contributed by atoms with Gasteiger partial charge in [0.25, 0.3) is 0 Å². The number of hydroxylamine groups is 2. The van der Waals surface area contributed by atoms with Gasteiger partial charge in [0.1, 0.15) is 0 Å². The van der Waals surface area contributed by atoms with Crippen molar-refractivity contribution in [2.24, 2.45) is 0 Å². The molecule has 0 aromatic carbocycles. The first kappa shape index (κ1) is 9.92. The van der Waals surface area contributed by atoms with Crippen LogP contribution in [0.25, 0.3) is 0 Å². The highest BCUT2D eigenvalue weighted by Crippen LogP contribution is 2.19. The summed E-state index contributed by atoms with van der Waals surface area (Å²) in [5.74, 6) is 0. The summed E-state index contributed by atoms with van der Waals surface area (Å²) in [6, 6.07) is 0. The molecule has 0 amide bonds. The zero-order chi connectivity index (χ0) is 8.20. The van der Waals surface area contributed by atoms with Gasteiger partial charge >= 0.3 is 0 Å². The Kier molecular flexibility index (Phi) is 3.91. The Labute approximate surface area is 64.1 Å². The molecule has 0 saturated carbocycles. The van der Waals surface area contributed by atoms with E-state index in [4.69, 9.17) is 4.84 Å². The maximum absolute atomic E-state index is 5.57. The Morgan fingerprint density at radius 2 is 1.60 bits per heavy atom. The van der Waals surface area contributed by atoms with E-state index in [1.54, 1.807) is 5.06 Å². The lowest BCUT2D eigenvalue weighted by Crippen LogP contribution is -2.33. The molecular formula is C8H19NO. The van der Waals surface area contributed by atoms with Crippen LogP contribution in [-0.2, 0) is 4.84 Å². The quantitative estimate of drug-likeness (QED) is 0.561. The van der Waals surface area contributed by atoms with Gasteiger partial charge in [0, 0.05) is 14.1 Å². The normalized spacial score (nSPS) is 12.6. The third-order valence-corrected chi connectivity index (χ3v) is 1.90. The average Bonchev–Trinajstić information content (AvgIpc) is 1.87. The van der Waals surface area contributed by atoms with Crippen LogP contribution in [0.5, 0.6) is 0 Å². The summed E-state index contributed by atoms with van der Waals surface area (Å²) >= 11 is 0. The maximum Gasteiger partial charge on any atom is 0.0866 e. The molecule has 0 radical (unpaired) electrons. The second-order valence-electron chi connectivity index (χ2n) is 3.06. The van der Waals surface area contributed by atoms with Gasteiger partial charge in [0.2, 0.25) is 0 Å². The summed E-state index contributed by atoms with van der Waals surface area (Å²) in [6.07, 6.45) is 2.11. The van der Waals surface area contributed by atoms with E-state index in [0.29, 0.717) is 0 Å². The van der Waals surface area contributed by atoms with E-state index in [1.165, 1.54) is 0 Å². The van der Waals surface area contributed by atoms with Crippen molar-refractivity contribution in [3.8, 4) is 0 Å². The summed E-state index contributed by atoms with van der Waals surface area (Å²) in [7, 11) is 3.84. The van der Waals surface area contributed by atoms with Gasteiger partial charge in [-0.05, 0) is 19.8 Å². The molecule has 0 spiro atoms. The first-order valence-corrected chi connectivity index (χ1v) is 3.90. The third kappa shape index (κ3) is 3.18. The third-order valence-electron chi connectivity index (χ3n) is 1.90. The molecule has 0 bridgehead atoms. The smallest absolute Gasteiger partial charge is 0.0866 e. The van der Waals surface area contributed by atoms with Crippen LogP contribution >= 0.6 is 0 Å². The fraction of sp³-hybridized carbons (Fsp3) is 1.00. The highest BCUT2D eigenvalue weighted by Gasteiger charge is 2.21. The van der Waals surface area contributed by atoms with Crippen molar-refractivity contribution in [1.82, 2.24) is 5.06 Å².